The van der Waals surface area contributed by atoms with E-state index in [0.717, 1.165) is 12.1 Å². The Labute approximate surface area is 95.3 Å². The molecule has 0 aliphatic heterocycles. The number of benzene rings is 1. The highest BCUT2D eigenvalue weighted by Gasteiger charge is 2.54. The number of hydrogen-bond donors (Lipinski definition) is 2. The van der Waals surface area contributed by atoms with Gasteiger partial charge in [-0.2, -0.15) is 13.2 Å². The van der Waals surface area contributed by atoms with E-state index in [-0.39, 0.29) is 5.02 Å². The summed E-state index contributed by atoms with van der Waals surface area (Å²) >= 11 is 5.67. The fourth-order valence-corrected chi connectivity index (χ4v) is 1.38. The van der Waals surface area contributed by atoms with Gasteiger partial charge in [-0.3, -0.25) is 0 Å². The highest BCUT2D eigenvalue weighted by atomic mass is 35.5. The van der Waals surface area contributed by atoms with Gasteiger partial charge in [-0.05, 0) is 24.1 Å². The number of aliphatic hydroxyl groups is 2. The first-order valence-corrected chi connectivity index (χ1v) is 4.77. The number of aryl methyl sites for hydroxylation is 1. The molecule has 0 saturated carbocycles. The molecule has 0 spiro atoms. The normalized spacial score (nSPS) is 15.9. The van der Waals surface area contributed by atoms with Gasteiger partial charge >= 0.3 is 6.18 Å². The zero-order chi connectivity index (χ0) is 12.6. The van der Waals surface area contributed by atoms with Crippen molar-refractivity contribution in [2.45, 2.75) is 18.7 Å². The Morgan fingerprint density at radius 1 is 1.31 bits per heavy atom. The Hall–Kier alpha value is -0.780. The molecule has 0 unspecified atom stereocenters. The average Bonchev–Trinajstić information content (AvgIpc) is 2.19. The summed E-state index contributed by atoms with van der Waals surface area (Å²) in [4.78, 5) is 0. The number of alkyl halides is 3. The molecule has 2 N–H and O–H groups in total. The minimum Gasteiger partial charge on any atom is -0.393 e. The summed E-state index contributed by atoms with van der Waals surface area (Å²) in [5.74, 6) is 0. The predicted octanol–water partition coefficient (Wildman–Crippen LogP) is 2.39. The molecular formula is C10H10ClF3O2. The van der Waals surface area contributed by atoms with Gasteiger partial charge in [-0.15, -0.1) is 0 Å². The van der Waals surface area contributed by atoms with Gasteiger partial charge in [0.2, 0.25) is 5.60 Å². The summed E-state index contributed by atoms with van der Waals surface area (Å²) in [7, 11) is 0. The molecule has 90 valence electrons. The van der Waals surface area contributed by atoms with Crippen LogP contribution in [-0.4, -0.2) is 23.0 Å². The van der Waals surface area contributed by atoms with Crippen molar-refractivity contribution >= 4 is 11.6 Å². The molecule has 0 heterocycles. The van der Waals surface area contributed by atoms with Crippen LogP contribution >= 0.6 is 11.6 Å². The highest BCUT2D eigenvalue weighted by molar-refractivity contribution is 6.31. The van der Waals surface area contributed by atoms with Gasteiger partial charge in [0.15, 0.2) is 0 Å². The molecule has 1 aromatic rings. The second-order valence-electron chi connectivity index (χ2n) is 3.48. The molecule has 0 aromatic heterocycles. The van der Waals surface area contributed by atoms with E-state index in [2.05, 4.69) is 0 Å². The molecule has 2 nitrogen and oxygen atoms in total. The van der Waals surface area contributed by atoms with Crippen LogP contribution in [0.2, 0.25) is 5.02 Å². The first-order valence-electron chi connectivity index (χ1n) is 4.39. The molecule has 0 amide bonds. The van der Waals surface area contributed by atoms with Crippen molar-refractivity contribution in [2.24, 2.45) is 0 Å². The number of halogens is 4. The van der Waals surface area contributed by atoms with E-state index in [0.29, 0.717) is 5.56 Å². The molecule has 0 aliphatic rings. The number of aliphatic hydroxyl groups excluding tert-OH is 1. The van der Waals surface area contributed by atoms with Gasteiger partial charge < -0.3 is 10.2 Å². The fourth-order valence-electron chi connectivity index (χ4n) is 1.19. The summed E-state index contributed by atoms with van der Waals surface area (Å²) in [6.45, 7) is 0.174. The van der Waals surface area contributed by atoms with E-state index in [1.54, 1.807) is 6.92 Å². The third-order valence-electron chi connectivity index (χ3n) is 2.35. The summed E-state index contributed by atoms with van der Waals surface area (Å²) in [6.07, 6.45) is -4.96. The monoisotopic (exact) mass is 254 g/mol. The molecule has 1 atom stereocenters. The van der Waals surface area contributed by atoms with Gasteiger partial charge in [0, 0.05) is 5.02 Å². The molecule has 0 radical (unpaired) electrons. The van der Waals surface area contributed by atoms with E-state index >= 15 is 0 Å². The number of hydrogen-bond acceptors (Lipinski definition) is 2. The lowest BCUT2D eigenvalue weighted by molar-refractivity contribution is -0.277. The molecule has 0 fully saturated rings. The third-order valence-corrected chi connectivity index (χ3v) is 2.75. The maximum atomic E-state index is 12.6. The van der Waals surface area contributed by atoms with E-state index in [9.17, 15) is 18.3 Å². The van der Waals surface area contributed by atoms with Crippen LogP contribution in [0.5, 0.6) is 0 Å². The zero-order valence-corrected chi connectivity index (χ0v) is 9.10. The predicted molar refractivity (Wildman–Crippen MR) is 53.2 cm³/mol. The van der Waals surface area contributed by atoms with Gasteiger partial charge in [0.1, 0.15) is 0 Å². The van der Waals surface area contributed by atoms with Crippen LogP contribution in [0.1, 0.15) is 11.1 Å². The van der Waals surface area contributed by atoms with Crippen LogP contribution in [0.3, 0.4) is 0 Å². The van der Waals surface area contributed by atoms with E-state index in [4.69, 9.17) is 16.7 Å². The molecule has 0 aliphatic carbocycles. The summed E-state index contributed by atoms with van der Waals surface area (Å²) < 4.78 is 37.7. The topological polar surface area (TPSA) is 40.5 Å². The molecular weight excluding hydrogens is 245 g/mol. The van der Waals surface area contributed by atoms with Crippen molar-refractivity contribution in [3.8, 4) is 0 Å². The number of rotatable bonds is 2. The Morgan fingerprint density at radius 3 is 2.25 bits per heavy atom. The Bertz CT molecular complexity index is 392. The van der Waals surface area contributed by atoms with Crippen LogP contribution in [0.4, 0.5) is 13.2 Å². The second-order valence-corrected chi connectivity index (χ2v) is 3.89. The minimum atomic E-state index is -4.96. The largest absolute Gasteiger partial charge is 0.423 e. The Balaban J connectivity index is 3.29. The minimum absolute atomic E-state index is 0.105. The van der Waals surface area contributed by atoms with Crippen LogP contribution in [0.15, 0.2) is 18.2 Å². The smallest absolute Gasteiger partial charge is 0.393 e. The van der Waals surface area contributed by atoms with Crippen molar-refractivity contribution < 1.29 is 23.4 Å². The van der Waals surface area contributed by atoms with E-state index in [1.807, 2.05) is 0 Å². The zero-order valence-electron chi connectivity index (χ0n) is 8.35. The maximum Gasteiger partial charge on any atom is 0.423 e. The summed E-state index contributed by atoms with van der Waals surface area (Å²) in [5.41, 5.74) is -3.16. The van der Waals surface area contributed by atoms with Crippen molar-refractivity contribution in [2.75, 3.05) is 6.61 Å². The average molecular weight is 255 g/mol. The second kappa shape index (κ2) is 4.24. The van der Waals surface area contributed by atoms with E-state index < -0.39 is 23.9 Å². The quantitative estimate of drug-likeness (QED) is 0.851. The first kappa shape index (κ1) is 13.3. The lowest BCUT2D eigenvalue weighted by Crippen LogP contribution is -2.45. The Morgan fingerprint density at radius 2 is 1.88 bits per heavy atom. The van der Waals surface area contributed by atoms with E-state index in [1.165, 1.54) is 6.07 Å². The van der Waals surface area contributed by atoms with Crippen molar-refractivity contribution in [3.05, 3.63) is 34.3 Å². The van der Waals surface area contributed by atoms with Crippen molar-refractivity contribution in [1.82, 2.24) is 0 Å². The van der Waals surface area contributed by atoms with Gasteiger partial charge in [0.05, 0.1) is 6.61 Å². The first-order chi connectivity index (χ1) is 7.22. The summed E-state index contributed by atoms with van der Waals surface area (Å²) in [6, 6.07) is 3.44. The van der Waals surface area contributed by atoms with Crippen LogP contribution < -0.4 is 0 Å². The van der Waals surface area contributed by atoms with Crippen molar-refractivity contribution in [3.63, 3.8) is 0 Å². The van der Waals surface area contributed by atoms with Crippen molar-refractivity contribution in [1.29, 1.82) is 0 Å². The third kappa shape index (κ3) is 2.16. The molecule has 1 aromatic carbocycles. The lowest BCUT2D eigenvalue weighted by Gasteiger charge is -2.29. The Kier molecular flexibility index (Phi) is 3.52. The van der Waals surface area contributed by atoms with Crippen LogP contribution in [0, 0.1) is 6.92 Å². The molecule has 6 heteroatoms. The van der Waals surface area contributed by atoms with Gasteiger partial charge in [-0.25, -0.2) is 0 Å². The highest BCUT2D eigenvalue weighted by Crippen LogP contribution is 2.39. The maximum absolute atomic E-state index is 12.6. The fraction of sp³-hybridized carbons (Fsp3) is 0.400. The SMILES string of the molecule is Cc1ccc([C@](O)(CO)C(F)(F)F)cc1Cl. The molecule has 1 rings (SSSR count). The van der Waals surface area contributed by atoms with Gasteiger partial charge in [-0.1, -0.05) is 23.7 Å². The standard InChI is InChI=1S/C10H10ClF3O2/c1-6-2-3-7(4-8(6)11)9(16,5-15)10(12,13)14/h2-4,15-16H,5H2,1H3/t9-/m1/s1. The lowest BCUT2D eigenvalue weighted by atomic mass is 9.93. The molecule has 16 heavy (non-hydrogen) atoms. The molecule has 0 saturated heterocycles. The summed E-state index contributed by atoms with van der Waals surface area (Å²) in [5, 5.41) is 18.2. The van der Waals surface area contributed by atoms with Crippen LogP contribution in [-0.2, 0) is 5.60 Å². The van der Waals surface area contributed by atoms with Gasteiger partial charge in [0.25, 0.3) is 0 Å². The van der Waals surface area contributed by atoms with Crippen LogP contribution in [0.25, 0.3) is 0 Å². The molecule has 0 bridgehead atoms.